The molecule has 0 aliphatic carbocycles. The van der Waals surface area contributed by atoms with Crippen molar-refractivity contribution < 1.29 is 4.74 Å². The fourth-order valence-electron chi connectivity index (χ4n) is 3.63. The SMILES string of the molecule is Cc1nc2ncnn2c(NC2COCC2n2nc(-c3cccnc3)ccc2=O)c1C. The van der Waals surface area contributed by atoms with E-state index in [2.05, 4.69) is 30.5 Å². The summed E-state index contributed by atoms with van der Waals surface area (Å²) < 4.78 is 8.89. The van der Waals surface area contributed by atoms with Gasteiger partial charge in [0.1, 0.15) is 18.2 Å². The van der Waals surface area contributed by atoms with Gasteiger partial charge in [0.15, 0.2) is 0 Å². The van der Waals surface area contributed by atoms with Crippen molar-refractivity contribution >= 4 is 11.6 Å². The Labute approximate surface area is 171 Å². The van der Waals surface area contributed by atoms with E-state index >= 15 is 0 Å². The predicted octanol–water partition coefficient (Wildman–Crippen LogP) is 1.41. The van der Waals surface area contributed by atoms with Gasteiger partial charge >= 0.3 is 0 Å². The molecule has 4 aromatic heterocycles. The number of fused-ring (bicyclic) bond motifs is 1. The van der Waals surface area contributed by atoms with Crippen LogP contribution >= 0.6 is 0 Å². The molecule has 0 bridgehead atoms. The fraction of sp³-hybridized carbons (Fsp3) is 0.300. The summed E-state index contributed by atoms with van der Waals surface area (Å²) in [5.74, 6) is 1.30. The van der Waals surface area contributed by atoms with E-state index in [9.17, 15) is 4.79 Å². The molecule has 4 aromatic rings. The van der Waals surface area contributed by atoms with Crippen molar-refractivity contribution in [2.75, 3.05) is 18.5 Å². The molecule has 1 aliphatic rings. The molecule has 10 nitrogen and oxygen atoms in total. The number of aryl methyl sites for hydroxylation is 1. The highest BCUT2D eigenvalue weighted by Crippen LogP contribution is 2.25. The highest BCUT2D eigenvalue weighted by Gasteiger charge is 2.32. The molecule has 10 heteroatoms. The van der Waals surface area contributed by atoms with Gasteiger partial charge in [-0.15, -0.1) is 0 Å². The van der Waals surface area contributed by atoms with E-state index in [1.165, 1.54) is 17.1 Å². The van der Waals surface area contributed by atoms with Crippen LogP contribution in [0.5, 0.6) is 0 Å². The second-order valence-corrected chi connectivity index (χ2v) is 7.24. The van der Waals surface area contributed by atoms with Gasteiger partial charge in [0, 0.05) is 35.3 Å². The summed E-state index contributed by atoms with van der Waals surface area (Å²) in [5.41, 5.74) is 3.17. The Morgan fingerprint density at radius 2 is 2.10 bits per heavy atom. The van der Waals surface area contributed by atoms with Crippen LogP contribution in [-0.2, 0) is 4.74 Å². The molecule has 1 fully saturated rings. The molecule has 152 valence electrons. The molecule has 1 aliphatic heterocycles. The third-order valence-corrected chi connectivity index (χ3v) is 5.38. The highest BCUT2D eigenvalue weighted by atomic mass is 16.5. The van der Waals surface area contributed by atoms with Gasteiger partial charge in [-0.2, -0.15) is 19.7 Å². The number of ether oxygens (including phenoxy) is 1. The summed E-state index contributed by atoms with van der Waals surface area (Å²) >= 11 is 0. The van der Waals surface area contributed by atoms with E-state index in [1.807, 2.05) is 26.0 Å². The third-order valence-electron chi connectivity index (χ3n) is 5.38. The monoisotopic (exact) mass is 404 g/mol. The maximum absolute atomic E-state index is 12.6. The lowest BCUT2D eigenvalue weighted by molar-refractivity contribution is 0.183. The minimum atomic E-state index is -0.277. The van der Waals surface area contributed by atoms with Gasteiger partial charge in [0.05, 0.1) is 24.9 Å². The van der Waals surface area contributed by atoms with E-state index in [0.717, 1.165) is 22.6 Å². The molecule has 1 saturated heterocycles. The van der Waals surface area contributed by atoms with Gasteiger partial charge in [0.25, 0.3) is 11.3 Å². The van der Waals surface area contributed by atoms with Gasteiger partial charge in [-0.3, -0.25) is 9.78 Å². The van der Waals surface area contributed by atoms with Crippen LogP contribution < -0.4 is 10.9 Å². The van der Waals surface area contributed by atoms with Crippen molar-refractivity contribution in [3.8, 4) is 11.3 Å². The molecule has 30 heavy (non-hydrogen) atoms. The van der Waals surface area contributed by atoms with Gasteiger partial charge in [0.2, 0.25) is 0 Å². The second-order valence-electron chi connectivity index (χ2n) is 7.24. The Kier molecular flexibility index (Phi) is 4.47. The number of rotatable bonds is 4. The maximum Gasteiger partial charge on any atom is 0.267 e. The number of nitrogens with zero attached hydrogens (tertiary/aromatic N) is 7. The maximum atomic E-state index is 12.6. The summed E-state index contributed by atoms with van der Waals surface area (Å²) in [5, 5.41) is 12.4. The molecule has 2 unspecified atom stereocenters. The van der Waals surface area contributed by atoms with Crippen molar-refractivity contribution in [1.82, 2.24) is 34.3 Å². The van der Waals surface area contributed by atoms with Crippen molar-refractivity contribution in [3.63, 3.8) is 0 Å². The van der Waals surface area contributed by atoms with Crippen LogP contribution in [0.15, 0.2) is 47.8 Å². The lowest BCUT2D eigenvalue weighted by Crippen LogP contribution is -2.38. The lowest BCUT2D eigenvalue weighted by Gasteiger charge is -2.23. The Morgan fingerprint density at radius 3 is 2.93 bits per heavy atom. The van der Waals surface area contributed by atoms with Crippen LogP contribution in [0.1, 0.15) is 17.3 Å². The lowest BCUT2D eigenvalue weighted by atomic mass is 10.1. The third kappa shape index (κ3) is 3.11. The zero-order valence-corrected chi connectivity index (χ0v) is 16.6. The standard InChI is InChI=1S/C20H20N8O2/c1-12-13(2)24-20-22-11-23-28(20)19(12)25-16-9-30-10-17(16)27-18(29)6-5-15(26-27)14-4-3-7-21-8-14/h3-8,11,16-17,25H,9-10H2,1-2H3. The summed E-state index contributed by atoms with van der Waals surface area (Å²) in [6, 6.07) is 6.54. The largest absolute Gasteiger partial charge is 0.377 e. The average molecular weight is 404 g/mol. The van der Waals surface area contributed by atoms with Crippen molar-refractivity contribution in [3.05, 3.63) is 64.6 Å². The Morgan fingerprint density at radius 1 is 1.20 bits per heavy atom. The van der Waals surface area contributed by atoms with E-state index in [4.69, 9.17) is 4.74 Å². The van der Waals surface area contributed by atoms with Gasteiger partial charge in [-0.25, -0.2) is 9.67 Å². The topological polar surface area (TPSA) is 112 Å². The molecular weight excluding hydrogens is 384 g/mol. The predicted molar refractivity (Wildman–Crippen MR) is 109 cm³/mol. The second kappa shape index (κ2) is 7.30. The van der Waals surface area contributed by atoms with Gasteiger partial charge < -0.3 is 10.1 Å². The van der Waals surface area contributed by atoms with Crippen LogP contribution in [-0.4, -0.2) is 53.6 Å². The summed E-state index contributed by atoms with van der Waals surface area (Å²) in [7, 11) is 0. The van der Waals surface area contributed by atoms with Crippen LogP contribution in [0.25, 0.3) is 17.0 Å². The first kappa shape index (κ1) is 18.4. The van der Waals surface area contributed by atoms with E-state index in [0.29, 0.717) is 24.7 Å². The molecule has 2 atom stereocenters. The summed E-state index contributed by atoms with van der Waals surface area (Å²) in [4.78, 5) is 25.4. The van der Waals surface area contributed by atoms with E-state index < -0.39 is 0 Å². The van der Waals surface area contributed by atoms with Gasteiger partial charge in [-0.1, -0.05) is 0 Å². The first-order valence-corrected chi connectivity index (χ1v) is 9.63. The number of nitrogens with one attached hydrogen (secondary N) is 1. The number of pyridine rings is 1. The molecule has 5 rings (SSSR count). The van der Waals surface area contributed by atoms with E-state index in [-0.39, 0.29) is 17.6 Å². The molecule has 0 spiro atoms. The fourth-order valence-corrected chi connectivity index (χ4v) is 3.63. The summed E-state index contributed by atoms with van der Waals surface area (Å²) in [6.45, 7) is 4.73. The normalized spacial score (nSPS) is 18.7. The van der Waals surface area contributed by atoms with Crippen molar-refractivity contribution in [2.24, 2.45) is 0 Å². The molecule has 5 heterocycles. The quantitative estimate of drug-likeness (QED) is 0.543. The van der Waals surface area contributed by atoms with Crippen LogP contribution in [0.4, 0.5) is 5.82 Å². The number of hydrogen-bond acceptors (Lipinski definition) is 8. The Bertz CT molecular complexity index is 1270. The molecule has 1 N–H and O–H groups in total. The zero-order valence-electron chi connectivity index (χ0n) is 16.6. The van der Waals surface area contributed by atoms with E-state index in [1.54, 1.807) is 23.0 Å². The zero-order chi connectivity index (χ0) is 20.7. The molecule has 0 aromatic carbocycles. The molecule has 0 amide bonds. The van der Waals surface area contributed by atoms with Crippen molar-refractivity contribution in [2.45, 2.75) is 25.9 Å². The van der Waals surface area contributed by atoms with Crippen LogP contribution in [0, 0.1) is 13.8 Å². The smallest absolute Gasteiger partial charge is 0.267 e. The first-order chi connectivity index (χ1) is 14.6. The first-order valence-electron chi connectivity index (χ1n) is 9.63. The van der Waals surface area contributed by atoms with Crippen LogP contribution in [0.3, 0.4) is 0 Å². The van der Waals surface area contributed by atoms with Crippen LogP contribution in [0.2, 0.25) is 0 Å². The number of aromatic nitrogens is 7. The summed E-state index contributed by atoms with van der Waals surface area (Å²) in [6.07, 6.45) is 4.90. The highest BCUT2D eigenvalue weighted by molar-refractivity contribution is 5.56. The minimum absolute atomic E-state index is 0.174. The molecular formula is C20H20N8O2. The number of hydrogen-bond donors (Lipinski definition) is 1. The van der Waals surface area contributed by atoms with Crippen molar-refractivity contribution in [1.29, 1.82) is 0 Å². The molecule has 0 saturated carbocycles. The Balaban J connectivity index is 1.52. The number of anilines is 1. The van der Waals surface area contributed by atoms with Gasteiger partial charge in [-0.05, 0) is 32.0 Å². The minimum Gasteiger partial charge on any atom is -0.377 e. The molecule has 0 radical (unpaired) electrons. The average Bonchev–Trinajstić information content (AvgIpc) is 3.41. The Hall–Kier alpha value is -3.66.